The Morgan fingerprint density at radius 1 is 0.909 bits per heavy atom. The molecule has 0 bridgehead atoms. The van der Waals surface area contributed by atoms with Crippen LogP contribution in [0.3, 0.4) is 0 Å². The van der Waals surface area contributed by atoms with E-state index < -0.39 is 0 Å². The SMILES string of the molecule is CCc1ccc(C(=O)N2CCN(c3ccc(OCCCN4CCCCC4)cc3)C(=O)C2)cc1. The molecule has 2 aromatic carbocycles. The second kappa shape index (κ2) is 11.3. The highest BCUT2D eigenvalue weighted by Gasteiger charge is 2.28. The van der Waals surface area contributed by atoms with E-state index in [0.29, 0.717) is 25.3 Å². The zero-order valence-corrected chi connectivity index (χ0v) is 19.7. The van der Waals surface area contributed by atoms with Gasteiger partial charge >= 0.3 is 0 Å². The predicted octanol–water partition coefficient (Wildman–Crippen LogP) is 3.99. The molecule has 0 radical (unpaired) electrons. The highest BCUT2D eigenvalue weighted by Crippen LogP contribution is 2.22. The van der Waals surface area contributed by atoms with Gasteiger partial charge < -0.3 is 19.4 Å². The van der Waals surface area contributed by atoms with Crippen molar-refractivity contribution in [2.24, 2.45) is 0 Å². The number of amides is 2. The van der Waals surface area contributed by atoms with Gasteiger partial charge in [0, 0.05) is 30.9 Å². The average Bonchev–Trinajstić information content (AvgIpc) is 2.87. The van der Waals surface area contributed by atoms with Crippen LogP contribution < -0.4 is 9.64 Å². The lowest BCUT2D eigenvalue weighted by atomic mass is 10.1. The fourth-order valence-corrected chi connectivity index (χ4v) is 4.57. The fourth-order valence-electron chi connectivity index (χ4n) is 4.57. The van der Waals surface area contributed by atoms with Gasteiger partial charge in [0.05, 0.1) is 6.61 Å². The van der Waals surface area contributed by atoms with Gasteiger partial charge in [-0.2, -0.15) is 0 Å². The van der Waals surface area contributed by atoms with Crippen molar-refractivity contribution < 1.29 is 14.3 Å². The third-order valence-electron chi connectivity index (χ3n) is 6.60. The first-order valence-corrected chi connectivity index (χ1v) is 12.3. The number of rotatable bonds is 8. The van der Waals surface area contributed by atoms with Gasteiger partial charge in [-0.3, -0.25) is 9.59 Å². The molecule has 2 saturated heterocycles. The van der Waals surface area contributed by atoms with Crippen molar-refractivity contribution in [3.63, 3.8) is 0 Å². The van der Waals surface area contributed by atoms with Crippen LogP contribution in [0.5, 0.6) is 5.75 Å². The third-order valence-corrected chi connectivity index (χ3v) is 6.60. The first-order chi connectivity index (χ1) is 16.1. The molecule has 0 atom stereocenters. The zero-order chi connectivity index (χ0) is 23.0. The average molecular weight is 450 g/mol. The van der Waals surface area contributed by atoms with Crippen LogP contribution >= 0.6 is 0 Å². The molecule has 2 aliphatic heterocycles. The highest BCUT2D eigenvalue weighted by molar-refractivity contribution is 6.01. The minimum atomic E-state index is -0.0843. The Hall–Kier alpha value is -2.86. The molecule has 0 saturated carbocycles. The first kappa shape index (κ1) is 23.3. The van der Waals surface area contributed by atoms with E-state index in [-0.39, 0.29) is 18.4 Å². The Labute approximate surface area is 197 Å². The van der Waals surface area contributed by atoms with Crippen LogP contribution in [0.1, 0.15) is 48.5 Å². The van der Waals surface area contributed by atoms with Crippen LogP contribution in [0.2, 0.25) is 0 Å². The Morgan fingerprint density at radius 3 is 2.30 bits per heavy atom. The molecule has 0 spiro atoms. The van der Waals surface area contributed by atoms with Crippen LogP contribution in [-0.2, 0) is 11.2 Å². The number of hydrogen-bond acceptors (Lipinski definition) is 4. The summed E-state index contributed by atoms with van der Waals surface area (Å²) < 4.78 is 5.90. The Bertz CT molecular complexity index is 921. The van der Waals surface area contributed by atoms with Crippen molar-refractivity contribution in [1.29, 1.82) is 0 Å². The maximum absolute atomic E-state index is 12.8. The normalized spacial score (nSPS) is 17.3. The Kier molecular flexibility index (Phi) is 8.00. The number of likely N-dealkylation sites (tertiary alicyclic amines) is 1. The fraction of sp³-hybridized carbons (Fsp3) is 0.481. The molecule has 6 heteroatoms. The molecule has 176 valence electrons. The van der Waals surface area contributed by atoms with Gasteiger partial charge in [-0.25, -0.2) is 0 Å². The molecule has 33 heavy (non-hydrogen) atoms. The molecule has 0 unspecified atom stereocenters. The van der Waals surface area contributed by atoms with Crippen LogP contribution in [-0.4, -0.2) is 67.5 Å². The minimum absolute atomic E-state index is 0.0602. The zero-order valence-electron chi connectivity index (χ0n) is 19.7. The summed E-state index contributed by atoms with van der Waals surface area (Å²) in [5, 5.41) is 0. The first-order valence-electron chi connectivity index (χ1n) is 12.3. The predicted molar refractivity (Wildman–Crippen MR) is 131 cm³/mol. The topological polar surface area (TPSA) is 53.1 Å². The van der Waals surface area contributed by atoms with Crippen LogP contribution in [0.15, 0.2) is 48.5 Å². The summed E-state index contributed by atoms with van der Waals surface area (Å²) in [6, 6.07) is 15.4. The van der Waals surface area contributed by atoms with E-state index in [0.717, 1.165) is 30.8 Å². The van der Waals surface area contributed by atoms with Crippen LogP contribution in [0, 0.1) is 0 Å². The van der Waals surface area contributed by atoms with Crippen molar-refractivity contribution in [3.05, 3.63) is 59.7 Å². The second-order valence-electron chi connectivity index (χ2n) is 8.92. The van der Waals surface area contributed by atoms with Gasteiger partial charge in [0.1, 0.15) is 12.3 Å². The van der Waals surface area contributed by atoms with Gasteiger partial charge in [-0.15, -0.1) is 0 Å². The summed E-state index contributed by atoms with van der Waals surface area (Å²) in [6.07, 6.45) is 5.95. The number of piperazine rings is 1. The summed E-state index contributed by atoms with van der Waals surface area (Å²) in [7, 11) is 0. The second-order valence-corrected chi connectivity index (χ2v) is 8.92. The molecule has 0 aliphatic carbocycles. The Balaban J connectivity index is 1.24. The maximum Gasteiger partial charge on any atom is 0.254 e. The quantitative estimate of drug-likeness (QED) is 0.572. The van der Waals surface area contributed by atoms with E-state index in [2.05, 4.69) is 11.8 Å². The van der Waals surface area contributed by atoms with E-state index in [9.17, 15) is 9.59 Å². The molecule has 0 N–H and O–H groups in total. The number of hydrogen-bond donors (Lipinski definition) is 0. The minimum Gasteiger partial charge on any atom is -0.494 e. The molecule has 4 rings (SSSR count). The summed E-state index contributed by atoms with van der Waals surface area (Å²) in [5.74, 6) is 0.683. The summed E-state index contributed by atoms with van der Waals surface area (Å²) >= 11 is 0. The monoisotopic (exact) mass is 449 g/mol. The number of anilines is 1. The molecule has 2 aromatic rings. The number of carbonyl (C=O) groups excluding carboxylic acids is 2. The molecule has 2 amide bonds. The number of piperidine rings is 1. The van der Waals surface area contributed by atoms with Crippen molar-refractivity contribution in [2.75, 3.05) is 50.8 Å². The highest BCUT2D eigenvalue weighted by atomic mass is 16.5. The smallest absolute Gasteiger partial charge is 0.254 e. The summed E-state index contributed by atoms with van der Waals surface area (Å²) in [6.45, 7) is 7.43. The molecule has 2 heterocycles. The standard InChI is InChI=1S/C27H35N3O3/c1-2-22-7-9-23(10-8-22)27(32)29-18-19-30(26(31)21-29)24-11-13-25(14-12-24)33-20-6-17-28-15-4-3-5-16-28/h7-14H,2-6,15-21H2,1H3. The number of carbonyl (C=O) groups is 2. The largest absolute Gasteiger partial charge is 0.494 e. The van der Waals surface area contributed by atoms with Crippen LogP contribution in [0.4, 0.5) is 5.69 Å². The summed E-state index contributed by atoms with van der Waals surface area (Å²) in [4.78, 5) is 31.5. The van der Waals surface area contributed by atoms with Gasteiger partial charge in [0.2, 0.25) is 5.91 Å². The van der Waals surface area contributed by atoms with Crippen molar-refractivity contribution in [3.8, 4) is 5.75 Å². The van der Waals surface area contributed by atoms with E-state index in [1.54, 1.807) is 9.80 Å². The van der Waals surface area contributed by atoms with Gasteiger partial charge in [0.15, 0.2) is 0 Å². The van der Waals surface area contributed by atoms with Crippen molar-refractivity contribution in [1.82, 2.24) is 9.80 Å². The van der Waals surface area contributed by atoms with Gasteiger partial charge in [-0.05, 0) is 80.7 Å². The molecule has 6 nitrogen and oxygen atoms in total. The van der Waals surface area contributed by atoms with Gasteiger partial charge in [-0.1, -0.05) is 25.5 Å². The lowest BCUT2D eigenvalue weighted by Crippen LogP contribution is -2.52. The third kappa shape index (κ3) is 6.14. The lowest BCUT2D eigenvalue weighted by Gasteiger charge is -2.34. The van der Waals surface area contributed by atoms with E-state index in [1.165, 1.54) is 37.9 Å². The van der Waals surface area contributed by atoms with Crippen molar-refractivity contribution >= 4 is 17.5 Å². The maximum atomic E-state index is 12.8. The Morgan fingerprint density at radius 2 is 1.64 bits per heavy atom. The van der Waals surface area contributed by atoms with E-state index >= 15 is 0 Å². The molecule has 2 aliphatic rings. The van der Waals surface area contributed by atoms with E-state index in [4.69, 9.17) is 4.74 Å². The number of nitrogens with zero attached hydrogens (tertiary/aromatic N) is 3. The number of ether oxygens (including phenoxy) is 1. The molecular weight excluding hydrogens is 414 g/mol. The van der Waals surface area contributed by atoms with E-state index in [1.807, 2.05) is 48.5 Å². The van der Waals surface area contributed by atoms with Crippen LogP contribution in [0.25, 0.3) is 0 Å². The summed E-state index contributed by atoms with van der Waals surface area (Å²) in [5.41, 5.74) is 2.68. The number of aryl methyl sites for hydroxylation is 1. The molecule has 0 aromatic heterocycles. The molecule has 2 fully saturated rings. The number of benzene rings is 2. The van der Waals surface area contributed by atoms with Crippen molar-refractivity contribution in [2.45, 2.75) is 39.0 Å². The molecular formula is C27H35N3O3. The lowest BCUT2D eigenvalue weighted by molar-refractivity contribution is -0.120. The van der Waals surface area contributed by atoms with Gasteiger partial charge in [0.25, 0.3) is 5.91 Å².